The predicted molar refractivity (Wildman–Crippen MR) is 96.8 cm³/mol. The van der Waals surface area contributed by atoms with Gasteiger partial charge in [0.15, 0.2) is 0 Å². The van der Waals surface area contributed by atoms with Crippen LogP contribution in [0.2, 0.25) is 0 Å². The summed E-state index contributed by atoms with van der Waals surface area (Å²) in [5, 5.41) is 10.4. The van der Waals surface area contributed by atoms with E-state index in [-0.39, 0.29) is 17.7 Å². The van der Waals surface area contributed by atoms with E-state index in [1.165, 1.54) is 17.3 Å². The Morgan fingerprint density at radius 1 is 1.12 bits per heavy atom. The van der Waals surface area contributed by atoms with Crippen LogP contribution in [-0.2, 0) is 4.79 Å². The molecule has 0 aliphatic carbocycles. The first kappa shape index (κ1) is 17.0. The molecular weight excluding hydrogens is 338 g/mol. The number of hydrogen-bond acceptors (Lipinski definition) is 6. The molecule has 1 amide bonds. The summed E-state index contributed by atoms with van der Waals surface area (Å²) in [5.41, 5.74) is 1.94. The summed E-state index contributed by atoms with van der Waals surface area (Å²) in [6, 6.07) is 15.3. The summed E-state index contributed by atoms with van der Waals surface area (Å²) in [4.78, 5) is 13.0. The fourth-order valence-corrected chi connectivity index (χ4v) is 2.76. The Morgan fingerprint density at radius 3 is 2.52 bits per heavy atom. The minimum Gasteiger partial charge on any atom is -0.497 e. The Kier molecular flexibility index (Phi) is 5.35. The second-order valence-electron chi connectivity index (χ2n) is 5.29. The lowest BCUT2D eigenvalue weighted by molar-refractivity contribution is -0.113. The molecule has 0 atom stereocenters. The number of hydrogen-bond donors (Lipinski definition) is 1. The van der Waals surface area contributed by atoms with Gasteiger partial charge in [-0.05, 0) is 43.3 Å². The van der Waals surface area contributed by atoms with E-state index in [0.29, 0.717) is 5.89 Å². The summed E-state index contributed by atoms with van der Waals surface area (Å²) in [6.45, 7) is 2.02. The molecular formula is C18H17N3O3S. The first-order chi connectivity index (χ1) is 12.1. The molecule has 0 aliphatic rings. The first-order valence-corrected chi connectivity index (χ1v) is 8.60. The maximum atomic E-state index is 12.0. The monoisotopic (exact) mass is 355 g/mol. The van der Waals surface area contributed by atoms with Crippen molar-refractivity contribution >= 4 is 23.7 Å². The van der Waals surface area contributed by atoms with Crippen LogP contribution in [0.15, 0.2) is 57.8 Å². The van der Waals surface area contributed by atoms with Crippen LogP contribution >= 0.6 is 11.8 Å². The van der Waals surface area contributed by atoms with Gasteiger partial charge in [0.2, 0.25) is 11.8 Å². The number of aryl methyl sites for hydroxylation is 1. The third-order valence-electron chi connectivity index (χ3n) is 3.40. The number of methoxy groups -OCH3 is 1. The Labute approximate surface area is 149 Å². The highest BCUT2D eigenvalue weighted by atomic mass is 32.2. The summed E-state index contributed by atoms with van der Waals surface area (Å²) >= 11 is 1.45. The van der Waals surface area contributed by atoms with Gasteiger partial charge in [0.25, 0.3) is 0 Å². The zero-order valence-corrected chi connectivity index (χ0v) is 14.7. The van der Waals surface area contributed by atoms with Crippen molar-refractivity contribution in [2.24, 2.45) is 0 Å². The van der Waals surface area contributed by atoms with E-state index in [9.17, 15) is 4.79 Å². The molecule has 3 aromatic rings. The molecule has 0 aliphatic heterocycles. The normalized spacial score (nSPS) is 10.5. The van der Waals surface area contributed by atoms with Gasteiger partial charge in [0, 0.05) is 10.5 Å². The molecule has 0 saturated carbocycles. The Hall–Kier alpha value is -2.80. The second-order valence-corrected chi connectivity index (χ2v) is 6.34. The number of benzene rings is 2. The van der Waals surface area contributed by atoms with Crippen molar-refractivity contribution in [2.75, 3.05) is 18.2 Å². The molecule has 0 radical (unpaired) electrons. The van der Waals surface area contributed by atoms with Crippen molar-refractivity contribution in [1.29, 1.82) is 0 Å². The fourth-order valence-electron chi connectivity index (χ4n) is 2.06. The molecule has 0 unspecified atom stereocenters. The lowest BCUT2D eigenvalue weighted by atomic mass is 10.2. The minimum atomic E-state index is -0.199. The maximum Gasteiger partial charge on any atom is 0.322 e. The van der Waals surface area contributed by atoms with Gasteiger partial charge < -0.3 is 9.15 Å². The molecule has 1 heterocycles. The fraction of sp³-hybridized carbons (Fsp3) is 0.167. The third-order valence-corrected chi connectivity index (χ3v) is 4.41. The van der Waals surface area contributed by atoms with Gasteiger partial charge >= 0.3 is 6.01 Å². The molecule has 2 aromatic carbocycles. The summed E-state index contributed by atoms with van der Waals surface area (Å²) < 4.78 is 10.6. The van der Waals surface area contributed by atoms with E-state index in [1.807, 2.05) is 43.3 Å². The van der Waals surface area contributed by atoms with Crippen LogP contribution in [0, 0.1) is 6.92 Å². The van der Waals surface area contributed by atoms with E-state index in [2.05, 4.69) is 15.5 Å². The minimum absolute atomic E-state index is 0.0836. The number of aromatic nitrogens is 2. The smallest absolute Gasteiger partial charge is 0.322 e. The van der Waals surface area contributed by atoms with Gasteiger partial charge in [-0.1, -0.05) is 22.8 Å². The number of anilines is 1. The molecule has 0 spiro atoms. The number of ether oxygens (including phenoxy) is 1. The Bertz CT molecular complexity index is 845. The highest BCUT2D eigenvalue weighted by Gasteiger charge is 2.11. The van der Waals surface area contributed by atoms with Gasteiger partial charge in [-0.2, -0.15) is 0 Å². The maximum absolute atomic E-state index is 12.0. The van der Waals surface area contributed by atoms with Gasteiger partial charge in [-0.15, -0.1) is 16.9 Å². The van der Waals surface area contributed by atoms with Crippen molar-refractivity contribution in [3.05, 3.63) is 54.1 Å². The largest absolute Gasteiger partial charge is 0.497 e. The molecule has 0 bridgehead atoms. The van der Waals surface area contributed by atoms with Crippen LogP contribution in [0.3, 0.4) is 0 Å². The molecule has 1 aromatic heterocycles. The van der Waals surface area contributed by atoms with E-state index < -0.39 is 0 Å². The number of nitrogens with one attached hydrogen (secondary N) is 1. The van der Waals surface area contributed by atoms with Crippen molar-refractivity contribution < 1.29 is 13.9 Å². The summed E-state index contributed by atoms with van der Waals surface area (Å²) in [7, 11) is 1.60. The average molecular weight is 355 g/mol. The van der Waals surface area contributed by atoms with Crippen LogP contribution in [-0.4, -0.2) is 29.0 Å². The predicted octanol–water partition coefficient (Wildman–Crippen LogP) is 3.78. The van der Waals surface area contributed by atoms with E-state index in [1.54, 1.807) is 19.2 Å². The van der Waals surface area contributed by atoms with Gasteiger partial charge in [-0.3, -0.25) is 10.1 Å². The molecule has 0 fully saturated rings. The number of carbonyl (C=O) groups excluding carboxylic acids is 1. The topological polar surface area (TPSA) is 77.3 Å². The van der Waals surface area contributed by atoms with Crippen LogP contribution in [0.4, 0.5) is 6.01 Å². The average Bonchev–Trinajstić information content (AvgIpc) is 3.10. The number of carbonyl (C=O) groups is 1. The van der Waals surface area contributed by atoms with Crippen LogP contribution in [0.5, 0.6) is 5.75 Å². The van der Waals surface area contributed by atoms with Crippen LogP contribution < -0.4 is 10.1 Å². The molecule has 7 heteroatoms. The van der Waals surface area contributed by atoms with Crippen molar-refractivity contribution in [3.63, 3.8) is 0 Å². The standard InChI is InChI=1S/C18H17N3O3S/c1-12-3-9-15(10-4-12)25-11-16(22)19-18-21-20-17(24-18)13-5-7-14(23-2)8-6-13/h3-10H,11H2,1-2H3,(H,19,21,22). The molecule has 6 nitrogen and oxygen atoms in total. The van der Waals surface area contributed by atoms with Crippen molar-refractivity contribution in [1.82, 2.24) is 10.2 Å². The zero-order chi connectivity index (χ0) is 17.6. The molecule has 1 N–H and O–H groups in total. The lowest BCUT2D eigenvalue weighted by Gasteiger charge is -2.02. The SMILES string of the molecule is COc1ccc(-c2nnc(NC(=O)CSc3ccc(C)cc3)o2)cc1. The number of nitrogens with zero attached hydrogens (tertiary/aromatic N) is 2. The highest BCUT2D eigenvalue weighted by molar-refractivity contribution is 8.00. The molecule has 3 rings (SSSR count). The number of amides is 1. The molecule has 128 valence electrons. The quantitative estimate of drug-likeness (QED) is 0.678. The first-order valence-electron chi connectivity index (χ1n) is 7.61. The molecule has 0 saturated heterocycles. The summed E-state index contributed by atoms with van der Waals surface area (Å²) in [5.74, 6) is 1.15. The second kappa shape index (κ2) is 7.85. The number of rotatable bonds is 6. The van der Waals surface area contributed by atoms with E-state index >= 15 is 0 Å². The zero-order valence-electron chi connectivity index (χ0n) is 13.9. The van der Waals surface area contributed by atoms with Gasteiger partial charge in [0.1, 0.15) is 5.75 Å². The van der Waals surface area contributed by atoms with Crippen LogP contribution in [0.25, 0.3) is 11.5 Å². The van der Waals surface area contributed by atoms with Crippen molar-refractivity contribution in [2.45, 2.75) is 11.8 Å². The molecule has 25 heavy (non-hydrogen) atoms. The van der Waals surface area contributed by atoms with E-state index in [0.717, 1.165) is 16.2 Å². The third kappa shape index (κ3) is 4.60. The Morgan fingerprint density at radius 2 is 1.84 bits per heavy atom. The van der Waals surface area contributed by atoms with Gasteiger partial charge in [-0.25, -0.2) is 0 Å². The van der Waals surface area contributed by atoms with Crippen LogP contribution in [0.1, 0.15) is 5.56 Å². The van der Waals surface area contributed by atoms with Crippen molar-refractivity contribution in [3.8, 4) is 17.2 Å². The lowest BCUT2D eigenvalue weighted by Crippen LogP contribution is -2.14. The Balaban J connectivity index is 1.56. The van der Waals surface area contributed by atoms with E-state index in [4.69, 9.17) is 9.15 Å². The highest BCUT2D eigenvalue weighted by Crippen LogP contribution is 2.23. The summed E-state index contributed by atoms with van der Waals surface area (Å²) in [6.07, 6.45) is 0. The van der Waals surface area contributed by atoms with Gasteiger partial charge in [0.05, 0.1) is 12.9 Å². The number of thioether (sulfide) groups is 1.